The molecule has 6 nitrogen and oxygen atoms in total. The second-order valence-electron chi connectivity index (χ2n) is 6.82. The topological polar surface area (TPSA) is 68.2 Å². The first-order chi connectivity index (χ1) is 15.2. The lowest BCUT2D eigenvalue weighted by atomic mass is 10.1. The summed E-state index contributed by atoms with van der Waals surface area (Å²) in [6.45, 7) is 3.27. The first kappa shape index (κ1) is 22.3. The summed E-state index contributed by atoms with van der Waals surface area (Å²) in [6.07, 6.45) is -5.56. The summed E-state index contributed by atoms with van der Waals surface area (Å²) in [6, 6.07) is 9.30. The lowest BCUT2D eigenvalue weighted by molar-refractivity contribution is -0.137. The van der Waals surface area contributed by atoms with Crippen molar-refractivity contribution in [3.8, 4) is 17.1 Å². The average Bonchev–Trinajstić information content (AvgIpc) is 2.87. The lowest BCUT2D eigenvalue weighted by Gasteiger charge is -2.30. The summed E-state index contributed by atoms with van der Waals surface area (Å²) >= 11 is 7.55. The number of hydrogen-bond acceptors (Lipinski definition) is 6. The van der Waals surface area contributed by atoms with E-state index in [9.17, 15) is 18.0 Å². The number of carbonyl (C=O) groups excluding carboxylic acids is 1. The molecule has 3 aromatic rings. The smallest absolute Gasteiger partial charge is 0.416 e. The van der Waals surface area contributed by atoms with Gasteiger partial charge in [0.2, 0.25) is 23.2 Å². The predicted octanol–water partition coefficient (Wildman–Crippen LogP) is 5.77. The first-order valence-corrected chi connectivity index (χ1v) is 10.9. The Balaban J connectivity index is 1.91. The number of thioether (sulfide) groups is 1. The molecule has 1 amide bonds. The van der Waals surface area contributed by atoms with Crippen LogP contribution in [0.15, 0.2) is 47.6 Å². The molecule has 0 spiro atoms. The molecular weight excluding hydrogens is 465 g/mol. The van der Waals surface area contributed by atoms with Crippen LogP contribution in [0.1, 0.15) is 31.2 Å². The third-order valence-corrected chi connectivity index (χ3v) is 5.66. The number of nitrogens with zero attached hydrogens (tertiary/aromatic N) is 4. The Bertz CT molecular complexity index is 1170. The summed E-state index contributed by atoms with van der Waals surface area (Å²) in [5.41, 5.74) is 0.721. The molecular formula is C21H16ClF3N4O2S. The van der Waals surface area contributed by atoms with E-state index >= 15 is 0 Å². The third kappa shape index (κ3) is 4.24. The van der Waals surface area contributed by atoms with Crippen molar-refractivity contribution >= 4 is 35.0 Å². The van der Waals surface area contributed by atoms with Crippen LogP contribution >= 0.6 is 23.4 Å². The van der Waals surface area contributed by atoms with Crippen molar-refractivity contribution in [2.24, 2.45) is 0 Å². The maximum Gasteiger partial charge on any atom is 0.416 e. The van der Waals surface area contributed by atoms with Crippen molar-refractivity contribution in [2.75, 3.05) is 10.7 Å². The number of fused-ring (bicyclic) bond motifs is 3. The Morgan fingerprint density at radius 2 is 1.91 bits per heavy atom. The van der Waals surface area contributed by atoms with Crippen LogP contribution in [0.3, 0.4) is 0 Å². The first-order valence-electron chi connectivity index (χ1n) is 9.50. The molecule has 2 heterocycles. The highest BCUT2D eigenvalue weighted by Crippen LogP contribution is 2.44. The van der Waals surface area contributed by atoms with Gasteiger partial charge in [0.1, 0.15) is 0 Å². The zero-order valence-corrected chi connectivity index (χ0v) is 18.4. The van der Waals surface area contributed by atoms with Crippen LogP contribution in [-0.2, 0) is 11.0 Å². The predicted molar refractivity (Wildman–Crippen MR) is 115 cm³/mol. The summed E-state index contributed by atoms with van der Waals surface area (Å²) < 4.78 is 45.2. The van der Waals surface area contributed by atoms with Gasteiger partial charge < -0.3 is 4.74 Å². The van der Waals surface area contributed by atoms with Gasteiger partial charge in [-0.3, -0.25) is 9.69 Å². The highest BCUT2D eigenvalue weighted by Gasteiger charge is 2.36. The Morgan fingerprint density at radius 3 is 2.53 bits per heavy atom. The van der Waals surface area contributed by atoms with Gasteiger partial charge in [-0.05, 0) is 36.1 Å². The van der Waals surface area contributed by atoms with Crippen LogP contribution in [-0.4, -0.2) is 26.8 Å². The molecule has 11 heteroatoms. The maximum atomic E-state index is 13.0. The number of hydrogen-bond donors (Lipinski definition) is 0. The van der Waals surface area contributed by atoms with Crippen LogP contribution < -0.4 is 9.64 Å². The number of amides is 1. The second kappa shape index (κ2) is 8.59. The molecule has 1 aromatic heterocycles. The number of rotatable bonds is 3. The van der Waals surface area contributed by atoms with E-state index in [0.717, 1.165) is 12.1 Å². The van der Waals surface area contributed by atoms with Crippen LogP contribution in [0.5, 0.6) is 5.88 Å². The quantitative estimate of drug-likeness (QED) is 0.443. The average molecular weight is 481 g/mol. The molecule has 2 aromatic carbocycles. The van der Waals surface area contributed by atoms with Gasteiger partial charge in [-0.15, -0.1) is 10.2 Å². The number of alkyl halides is 3. The molecule has 4 rings (SSSR count). The lowest BCUT2D eigenvalue weighted by Crippen LogP contribution is -2.36. The van der Waals surface area contributed by atoms with E-state index in [0.29, 0.717) is 32.7 Å². The normalized spacial score (nSPS) is 15.4. The monoisotopic (exact) mass is 480 g/mol. The van der Waals surface area contributed by atoms with Crippen molar-refractivity contribution in [1.82, 2.24) is 15.2 Å². The number of carbonyl (C=O) groups is 1. The van der Waals surface area contributed by atoms with Gasteiger partial charge in [0, 0.05) is 23.1 Å². The Morgan fingerprint density at radius 1 is 1.19 bits per heavy atom. The molecule has 166 valence electrons. The standard InChI is InChI=1S/C21H16ClF3N4O2S/c1-3-32-20-26-18-17(27-28-20)15-10-14(22)8-9-16(15)29(11(2)30)19(31-18)12-4-6-13(7-5-12)21(23,24)25/h4-10,19H,3H2,1-2H3/t19-/m1/s1. The Labute approximate surface area is 190 Å². The van der Waals surface area contributed by atoms with Crippen LogP contribution in [0.25, 0.3) is 11.3 Å². The summed E-state index contributed by atoms with van der Waals surface area (Å²) in [5, 5.41) is 9.13. The van der Waals surface area contributed by atoms with Crippen LogP contribution in [0.4, 0.5) is 18.9 Å². The second-order valence-corrected chi connectivity index (χ2v) is 8.49. The van der Waals surface area contributed by atoms with Gasteiger partial charge in [0.25, 0.3) is 0 Å². The van der Waals surface area contributed by atoms with E-state index in [2.05, 4.69) is 15.2 Å². The largest absolute Gasteiger partial charge is 0.447 e. The minimum absolute atomic E-state index is 0.105. The molecule has 0 bridgehead atoms. The van der Waals surface area contributed by atoms with Crippen molar-refractivity contribution in [1.29, 1.82) is 0 Å². The van der Waals surface area contributed by atoms with E-state index in [-0.39, 0.29) is 17.5 Å². The number of halogens is 4. The Hall–Kier alpha value is -2.85. The van der Waals surface area contributed by atoms with Crippen molar-refractivity contribution in [2.45, 2.75) is 31.4 Å². The number of anilines is 1. The van der Waals surface area contributed by atoms with Crippen LogP contribution in [0.2, 0.25) is 5.02 Å². The fourth-order valence-corrected chi connectivity index (χ4v) is 4.00. The molecule has 0 saturated heterocycles. The molecule has 1 aliphatic heterocycles. The molecule has 0 unspecified atom stereocenters. The van der Waals surface area contributed by atoms with Crippen molar-refractivity contribution in [3.63, 3.8) is 0 Å². The van der Waals surface area contributed by atoms with E-state index in [1.54, 1.807) is 18.2 Å². The van der Waals surface area contributed by atoms with E-state index in [1.165, 1.54) is 35.7 Å². The molecule has 0 aliphatic carbocycles. The molecule has 0 fully saturated rings. The molecule has 32 heavy (non-hydrogen) atoms. The molecule has 1 atom stereocenters. The minimum Gasteiger partial charge on any atom is -0.447 e. The highest BCUT2D eigenvalue weighted by atomic mass is 35.5. The molecule has 0 N–H and O–H groups in total. The van der Waals surface area contributed by atoms with Crippen molar-refractivity contribution in [3.05, 3.63) is 58.6 Å². The maximum absolute atomic E-state index is 13.0. The van der Waals surface area contributed by atoms with Gasteiger partial charge in [-0.2, -0.15) is 18.2 Å². The van der Waals surface area contributed by atoms with Gasteiger partial charge >= 0.3 is 6.18 Å². The summed E-state index contributed by atoms with van der Waals surface area (Å²) in [5.74, 6) is 0.417. The third-order valence-electron chi connectivity index (χ3n) is 4.70. The minimum atomic E-state index is -4.48. The fourth-order valence-electron chi connectivity index (χ4n) is 3.32. The van der Waals surface area contributed by atoms with Gasteiger partial charge in [0.05, 0.1) is 11.3 Å². The van der Waals surface area contributed by atoms with Gasteiger partial charge in [-0.25, -0.2) is 0 Å². The van der Waals surface area contributed by atoms with E-state index < -0.39 is 18.0 Å². The number of benzene rings is 2. The summed E-state index contributed by atoms with van der Waals surface area (Å²) in [4.78, 5) is 18.5. The summed E-state index contributed by atoms with van der Waals surface area (Å²) in [7, 11) is 0. The molecule has 0 radical (unpaired) electrons. The zero-order valence-electron chi connectivity index (χ0n) is 16.9. The highest BCUT2D eigenvalue weighted by molar-refractivity contribution is 7.99. The van der Waals surface area contributed by atoms with Crippen LogP contribution in [0, 0.1) is 0 Å². The molecule has 0 saturated carbocycles. The van der Waals surface area contributed by atoms with Gasteiger partial charge in [-0.1, -0.05) is 42.4 Å². The zero-order chi connectivity index (χ0) is 23.0. The number of aromatic nitrogens is 3. The van der Waals surface area contributed by atoms with E-state index in [1.807, 2.05) is 6.92 Å². The van der Waals surface area contributed by atoms with Crippen molar-refractivity contribution < 1.29 is 22.7 Å². The fraction of sp³-hybridized carbons (Fsp3) is 0.238. The SMILES string of the molecule is CCSc1nnc2c(n1)O[C@H](c1ccc(C(F)(F)F)cc1)N(C(C)=O)c1ccc(Cl)cc1-2. The van der Waals surface area contributed by atoms with Gasteiger partial charge in [0.15, 0.2) is 5.69 Å². The van der Waals surface area contributed by atoms with E-state index in [4.69, 9.17) is 16.3 Å². The molecule has 1 aliphatic rings. The Kier molecular flexibility index (Phi) is 6.00. The number of ether oxygens (including phenoxy) is 1.